The summed E-state index contributed by atoms with van der Waals surface area (Å²) in [6, 6.07) is 10.2. The van der Waals surface area contributed by atoms with Crippen molar-refractivity contribution in [1.29, 1.82) is 0 Å². The summed E-state index contributed by atoms with van der Waals surface area (Å²) >= 11 is 0. The lowest BCUT2D eigenvalue weighted by Crippen LogP contribution is -2.10. The number of aldehydes is 1. The van der Waals surface area contributed by atoms with Crippen molar-refractivity contribution in [3.05, 3.63) is 35.9 Å². The zero-order valence-electron chi connectivity index (χ0n) is 10.4. The molecule has 0 amide bonds. The van der Waals surface area contributed by atoms with Gasteiger partial charge in [-0.2, -0.15) is 0 Å². The van der Waals surface area contributed by atoms with E-state index in [0.717, 1.165) is 19.1 Å². The molecule has 1 aromatic carbocycles. The first-order valence-electron chi connectivity index (χ1n) is 6.47. The molecule has 0 N–H and O–H groups in total. The van der Waals surface area contributed by atoms with E-state index in [1.807, 2.05) is 18.2 Å². The van der Waals surface area contributed by atoms with E-state index >= 15 is 0 Å². The highest BCUT2D eigenvalue weighted by atomic mass is 16.6. The number of aryl methyl sites for hydroxylation is 1. The third-order valence-corrected chi connectivity index (χ3v) is 3.21. The Morgan fingerprint density at radius 2 is 2.06 bits per heavy atom. The SMILES string of the molecule is O=CCCCC(=O)C1OC1CCc1ccccc1. The quantitative estimate of drug-likeness (QED) is 0.402. The fourth-order valence-corrected chi connectivity index (χ4v) is 2.10. The molecule has 1 heterocycles. The van der Waals surface area contributed by atoms with E-state index in [1.54, 1.807) is 0 Å². The molecule has 3 nitrogen and oxygen atoms in total. The van der Waals surface area contributed by atoms with Gasteiger partial charge in [-0.05, 0) is 24.8 Å². The van der Waals surface area contributed by atoms with Crippen LogP contribution in [0.2, 0.25) is 0 Å². The lowest BCUT2D eigenvalue weighted by atomic mass is 10.0. The predicted octanol–water partition coefficient (Wildman–Crippen LogP) is 2.32. The summed E-state index contributed by atoms with van der Waals surface area (Å²) in [4.78, 5) is 21.8. The fourth-order valence-electron chi connectivity index (χ4n) is 2.10. The van der Waals surface area contributed by atoms with E-state index in [2.05, 4.69) is 12.1 Å². The molecule has 1 saturated heterocycles. The lowest BCUT2D eigenvalue weighted by molar-refractivity contribution is -0.120. The molecule has 0 spiro atoms. The van der Waals surface area contributed by atoms with Gasteiger partial charge in [0, 0.05) is 12.8 Å². The van der Waals surface area contributed by atoms with Crippen molar-refractivity contribution in [2.75, 3.05) is 0 Å². The number of hydrogen-bond donors (Lipinski definition) is 0. The molecule has 0 bridgehead atoms. The van der Waals surface area contributed by atoms with Crippen LogP contribution in [-0.2, 0) is 20.7 Å². The van der Waals surface area contributed by atoms with Crippen molar-refractivity contribution in [2.24, 2.45) is 0 Å². The van der Waals surface area contributed by atoms with Crippen molar-refractivity contribution in [3.8, 4) is 0 Å². The molecule has 96 valence electrons. The third kappa shape index (κ3) is 3.77. The van der Waals surface area contributed by atoms with Gasteiger partial charge in [-0.25, -0.2) is 0 Å². The Morgan fingerprint density at radius 3 is 2.78 bits per heavy atom. The second-order valence-corrected chi connectivity index (χ2v) is 4.64. The number of carbonyl (C=O) groups excluding carboxylic acids is 2. The van der Waals surface area contributed by atoms with Crippen molar-refractivity contribution >= 4 is 12.1 Å². The van der Waals surface area contributed by atoms with Crippen LogP contribution in [0.15, 0.2) is 30.3 Å². The first-order valence-corrected chi connectivity index (χ1v) is 6.47. The molecule has 0 aliphatic carbocycles. The standard InChI is InChI=1S/C15H18O3/c16-11-5-4-8-13(17)15-14(18-15)10-9-12-6-2-1-3-7-12/h1-3,6-7,11,14-15H,4-5,8-10H2. The maximum absolute atomic E-state index is 11.7. The van der Waals surface area contributed by atoms with E-state index in [-0.39, 0.29) is 18.0 Å². The highest BCUT2D eigenvalue weighted by Gasteiger charge is 2.43. The van der Waals surface area contributed by atoms with Crippen LogP contribution in [-0.4, -0.2) is 24.3 Å². The molecule has 3 heteroatoms. The van der Waals surface area contributed by atoms with Gasteiger partial charge in [0.1, 0.15) is 12.4 Å². The number of Topliss-reactive ketones (excluding diaryl/α,β-unsaturated/α-hetero) is 1. The maximum Gasteiger partial charge on any atom is 0.164 e. The number of ketones is 1. The van der Waals surface area contributed by atoms with Gasteiger partial charge in [0.25, 0.3) is 0 Å². The van der Waals surface area contributed by atoms with Gasteiger partial charge >= 0.3 is 0 Å². The van der Waals surface area contributed by atoms with E-state index in [1.165, 1.54) is 5.56 Å². The number of rotatable bonds is 8. The van der Waals surface area contributed by atoms with Crippen LogP contribution in [0.5, 0.6) is 0 Å². The summed E-state index contributed by atoms with van der Waals surface area (Å²) < 4.78 is 5.39. The zero-order chi connectivity index (χ0) is 12.8. The first-order chi connectivity index (χ1) is 8.81. The van der Waals surface area contributed by atoms with Crippen LogP contribution in [0, 0.1) is 0 Å². The normalized spacial score (nSPS) is 21.6. The minimum absolute atomic E-state index is 0.0916. The van der Waals surface area contributed by atoms with E-state index in [9.17, 15) is 9.59 Å². The molecule has 1 aromatic rings. The highest BCUT2D eigenvalue weighted by molar-refractivity contribution is 5.85. The van der Waals surface area contributed by atoms with Crippen LogP contribution < -0.4 is 0 Å². The molecule has 0 saturated carbocycles. The van der Waals surface area contributed by atoms with Crippen LogP contribution in [0.4, 0.5) is 0 Å². The minimum Gasteiger partial charge on any atom is -0.361 e. The van der Waals surface area contributed by atoms with Gasteiger partial charge in [0.05, 0.1) is 6.10 Å². The number of epoxide rings is 1. The summed E-state index contributed by atoms with van der Waals surface area (Å²) in [5.74, 6) is 0.148. The van der Waals surface area contributed by atoms with E-state index in [0.29, 0.717) is 19.3 Å². The van der Waals surface area contributed by atoms with Crippen molar-refractivity contribution in [1.82, 2.24) is 0 Å². The summed E-state index contributed by atoms with van der Waals surface area (Å²) in [7, 11) is 0. The summed E-state index contributed by atoms with van der Waals surface area (Å²) in [5.41, 5.74) is 1.28. The molecule has 1 fully saturated rings. The predicted molar refractivity (Wildman–Crippen MR) is 68.3 cm³/mol. The first kappa shape index (κ1) is 13.0. The Bertz CT molecular complexity index is 399. The molecule has 1 aliphatic rings. The molecule has 0 radical (unpaired) electrons. The lowest BCUT2D eigenvalue weighted by Gasteiger charge is -1.98. The summed E-state index contributed by atoms with van der Waals surface area (Å²) in [6.07, 6.45) is 4.16. The third-order valence-electron chi connectivity index (χ3n) is 3.21. The van der Waals surface area contributed by atoms with E-state index in [4.69, 9.17) is 4.74 Å². The Kier molecular flexibility index (Phi) is 4.65. The molecule has 2 unspecified atom stereocenters. The molecular formula is C15H18O3. The number of carbonyl (C=O) groups is 2. The van der Waals surface area contributed by atoms with Crippen LogP contribution >= 0.6 is 0 Å². The van der Waals surface area contributed by atoms with Gasteiger partial charge in [-0.15, -0.1) is 0 Å². The number of benzene rings is 1. The summed E-state index contributed by atoms with van der Waals surface area (Å²) in [6.45, 7) is 0. The second-order valence-electron chi connectivity index (χ2n) is 4.64. The maximum atomic E-state index is 11.7. The summed E-state index contributed by atoms with van der Waals surface area (Å²) in [5, 5.41) is 0. The largest absolute Gasteiger partial charge is 0.361 e. The highest BCUT2D eigenvalue weighted by Crippen LogP contribution is 2.28. The molecule has 1 aliphatic heterocycles. The fraction of sp³-hybridized carbons (Fsp3) is 0.467. The van der Waals surface area contributed by atoms with Crippen molar-refractivity contribution in [2.45, 2.75) is 44.3 Å². The van der Waals surface area contributed by atoms with Crippen molar-refractivity contribution < 1.29 is 14.3 Å². The molecular weight excluding hydrogens is 228 g/mol. The van der Waals surface area contributed by atoms with Crippen LogP contribution in [0.3, 0.4) is 0 Å². The molecule has 18 heavy (non-hydrogen) atoms. The molecule has 2 atom stereocenters. The Balaban J connectivity index is 1.65. The van der Waals surface area contributed by atoms with E-state index < -0.39 is 0 Å². The Morgan fingerprint density at radius 1 is 1.28 bits per heavy atom. The monoisotopic (exact) mass is 246 g/mol. The topological polar surface area (TPSA) is 46.7 Å². The minimum atomic E-state index is -0.208. The van der Waals surface area contributed by atoms with Crippen molar-refractivity contribution in [3.63, 3.8) is 0 Å². The van der Waals surface area contributed by atoms with Crippen LogP contribution in [0.25, 0.3) is 0 Å². The van der Waals surface area contributed by atoms with Gasteiger partial charge in [0.2, 0.25) is 0 Å². The second kappa shape index (κ2) is 6.45. The Hall–Kier alpha value is -1.48. The van der Waals surface area contributed by atoms with Crippen LogP contribution in [0.1, 0.15) is 31.2 Å². The average Bonchev–Trinajstić information content (AvgIpc) is 3.17. The molecule has 2 rings (SSSR count). The number of ether oxygens (including phenoxy) is 1. The average molecular weight is 246 g/mol. The smallest absolute Gasteiger partial charge is 0.164 e. The number of unbranched alkanes of at least 4 members (excludes halogenated alkanes) is 1. The van der Waals surface area contributed by atoms with Gasteiger partial charge in [-0.1, -0.05) is 30.3 Å². The van der Waals surface area contributed by atoms with Gasteiger partial charge in [0.15, 0.2) is 5.78 Å². The van der Waals surface area contributed by atoms with Gasteiger partial charge < -0.3 is 9.53 Å². The Labute approximate surface area is 107 Å². The molecule has 0 aromatic heterocycles. The zero-order valence-corrected chi connectivity index (χ0v) is 10.4. The number of hydrogen-bond acceptors (Lipinski definition) is 3. The van der Waals surface area contributed by atoms with Gasteiger partial charge in [-0.3, -0.25) is 4.79 Å².